The molecule has 4 nitrogen and oxygen atoms in total. The summed E-state index contributed by atoms with van der Waals surface area (Å²) in [6.07, 6.45) is 7.02. The number of carbonyl (C=O) groups excluding carboxylic acids is 2. The molecule has 1 aliphatic carbocycles. The summed E-state index contributed by atoms with van der Waals surface area (Å²) in [6.45, 7) is 3.93. The molecule has 0 bridgehead atoms. The van der Waals surface area contributed by atoms with Crippen LogP contribution in [0.5, 0.6) is 0 Å². The van der Waals surface area contributed by atoms with Gasteiger partial charge in [-0.25, -0.2) is 4.98 Å². The Balaban J connectivity index is 2.31. The van der Waals surface area contributed by atoms with E-state index in [2.05, 4.69) is 4.98 Å². The van der Waals surface area contributed by atoms with Crippen molar-refractivity contribution in [2.45, 2.75) is 46.0 Å². The normalized spacial score (nSPS) is 15.9. The summed E-state index contributed by atoms with van der Waals surface area (Å²) in [5, 5.41) is 0. The van der Waals surface area contributed by atoms with Crippen molar-refractivity contribution in [2.24, 2.45) is 5.92 Å². The molecule has 0 N–H and O–H groups in total. The lowest BCUT2D eigenvalue weighted by Gasteiger charge is -2.24. The number of amides is 1. The highest BCUT2D eigenvalue weighted by molar-refractivity contribution is 6.05. The first-order valence-corrected chi connectivity index (χ1v) is 7.42. The van der Waals surface area contributed by atoms with Gasteiger partial charge in [-0.05, 0) is 31.9 Å². The Hall–Kier alpha value is -1.71. The summed E-state index contributed by atoms with van der Waals surface area (Å²) >= 11 is 0. The average molecular weight is 274 g/mol. The average Bonchev–Trinajstić information content (AvgIpc) is 2.48. The maximum absolute atomic E-state index is 12.7. The molecule has 1 fully saturated rings. The molecule has 0 spiro atoms. The first-order chi connectivity index (χ1) is 9.65. The van der Waals surface area contributed by atoms with Gasteiger partial charge in [0.2, 0.25) is 5.91 Å². The van der Waals surface area contributed by atoms with Gasteiger partial charge in [0.05, 0.1) is 5.56 Å². The number of rotatable bonds is 4. The summed E-state index contributed by atoms with van der Waals surface area (Å²) in [6, 6.07) is 3.57. The number of ketones is 1. The maximum atomic E-state index is 12.7. The second-order valence-electron chi connectivity index (χ2n) is 5.34. The largest absolute Gasteiger partial charge is 0.297 e. The summed E-state index contributed by atoms with van der Waals surface area (Å²) in [4.78, 5) is 30.2. The second kappa shape index (κ2) is 6.64. The SMILES string of the molecule is CCN(C(C)=O)c1ncccc1C(=O)C1CCCCC1. The number of pyridine rings is 1. The molecule has 0 atom stereocenters. The van der Waals surface area contributed by atoms with Gasteiger partial charge in [-0.2, -0.15) is 0 Å². The van der Waals surface area contributed by atoms with Gasteiger partial charge in [0.1, 0.15) is 5.82 Å². The van der Waals surface area contributed by atoms with Gasteiger partial charge in [-0.15, -0.1) is 0 Å². The minimum atomic E-state index is -0.0797. The van der Waals surface area contributed by atoms with E-state index in [1.807, 2.05) is 6.92 Å². The first kappa shape index (κ1) is 14.7. The van der Waals surface area contributed by atoms with E-state index >= 15 is 0 Å². The van der Waals surface area contributed by atoms with Crippen LogP contribution >= 0.6 is 0 Å². The van der Waals surface area contributed by atoms with E-state index in [0.29, 0.717) is 17.9 Å². The number of Topliss-reactive ketones (excluding diaryl/α,β-unsaturated/α-hetero) is 1. The zero-order valence-electron chi connectivity index (χ0n) is 12.3. The molecule has 4 heteroatoms. The first-order valence-electron chi connectivity index (χ1n) is 7.42. The quantitative estimate of drug-likeness (QED) is 0.792. The lowest BCUT2D eigenvalue weighted by Crippen LogP contribution is -2.31. The van der Waals surface area contributed by atoms with Crippen LogP contribution in [0.4, 0.5) is 5.82 Å². The summed E-state index contributed by atoms with van der Waals surface area (Å²) < 4.78 is 0. The van der Waals surface area contributed by atoms with Crippen LogP contribution in [0.25, 0.3) is 0 Å². The van der Waals surface area contributed by atoms with Gasteiger partial charge in [-0.1, -0.05) is 19.3 Å². The van der Waals surface area contributed by atoms with Crippen LogP contribution in [0.1, 0.15) is 56.3 Å². The van der Waals surface area contributed by atoms with E-state index in [1.54, 1.807) is 23.2 Å². The van der Waals surface area contributed by atoms with E-state index in [-0.39, 0.29) is 17.6 Å². The molecule has 1 saturated carbocycles. The molecule has 0 unspecified atom stereocenters. The van der Waals surface area contributed by atoms with E-state index in [9.17, 15) is 9.59 Å². The van der Waals surface area contributed by atoms with Crippen molar-refractivity contribution in [1.82, 2.24) is 4.98 Å². The standard InChI is InChI=1S/C16H22N2O2/c1-3-18(12(2)19)16-14(10-7-11-17-16)15(20)13-8-5-4-6-9-13/h7,10-11,13H,3-6,8-9H2,1-2H3. The van der Waals surface area contributed by atoms with Crippen molar-refractivity contribution in [1.29, 1.82) is 0 Å². The minimum absolute atomic E-state index is 0.0797. The minimum Gasteiger partial charge on any atom is -0.297 e. The molecule has 0 aromatic carbocycles. The highest BCUT2D eigenvalue weighted by atomic mass is 16.2. The van der Waals surface area contributed by atoms with Crippen molar-refractivity contribution in [2.75, 3.05) is 11.4 Å². The second-order valence-corrected chi connectivity index (χ2v) is 5.34. The van der Waals surface area contributed by atoms with Crippen LogP contribution in [-0.4, -0.2) is 23.2 Å². The van der Waals surface area contributed by atoms with Crippen molar-refractivity contribution < 1.29 is 9.59 Å². The van der Waals surface area contributed by atoms with Crippen molar-refractivity contribution >= 4 is 17.5 Å². The predicted molar refractivity (Wildman–Crippen MR) is 78.8 cm³/mol. The Labute approximate surface area is 120 Å². The Morgan fingerprint density at radius 3 is 2.60 bits per heavy atom. The van der Waals surface area contributed by atoms with E-state index < -0.39 is 0 Å². The Kier molecular flexibility index (Phi) is 4.88. The Morgan fingerprint density at radius 1 is 1.30 bits per heavy atom. The third-order valence-electron chi connectivity index (χ3n) is 3.98. The molecule has 0 aliphatic heterocycles. The maximum Gasteiger partial charge on any atom is 0.225 e. The van der Waals surface area contributed by atoms with Crippen molar-refractivity contribution in [3.05, 3.63) is 23.9 Å². The number of nitrogens with zero attached hydrogens (tertiary/aromatic N) is 2. The predicted octanol–water partition coefficient (Wildman–Crippen LogP) is 3.22. The molecule has 108 valence electrons. The van der Waals surface area contributed by atoms with E-state index in [4.69, 9.17) is 0 Å². The molecule has 1 aliphatic rings. The number of hydrogen-bond donors (Lipinski definition) is 0. The molecule has 1 aromatic rings. The highest BCUT2D eigenvalue weighted by Gasteiger charge is 2.26. The van der Waals surface area contributed by atoms with Crippen LogP contribution in [0, 0.1) is 5.92 Å². The van der Waals surface area contributed by atoms with Crippen LogP contribution in [0.15, 0.2) is 18.3 Å². The fraction of sp³-hybridized carbons (Fsp3) is 0.562. The molecular weight excluding hydrogens is 252 g/mol. The zero-order valence-corrected chi connectivity index (χ0v) is 12.3. The van der Waals surface area contributed by atoms with Crippen molar-refractivity contribution in [3.63, 3.8) is 0 Å². The number of anilines is 1. The molecule has 2 rings (SSSR count). The van der Waals surface area contributed by atoms with Crippen molar-refractivity contribution in [3.8, 4) is 0 Å². The molecule has 1 aromatic heterocycles. The fourth-order valence-corrected chi connectivity index (χ4v) is 2.91. The summed E-state index contributed by atoms with van der Waals surface area (Å²) in [5.74, 6) is 0.673. The van der Waals surface area contributed by atoms with Crippen LogP contribution in [-0.2, 0) is 4.79 Å². The van der Waals surface area contributed by atoms with E-state index in [0.717, 1.165) is 25.7 Å². The smallest absolute Gasteiger partial charge is 0.225 e. The third kappa shape index (κ3) is 3.06. The van der Waals surface area contributed by atoms with Crippen LogP contribution < -0.4 is 4.90 Å². The van der Waals surface area contributed by atoms with Gasteiger partial charge in [0, 0.05) is 25.6 Å². The molecular formula is C16H22N2O2. The Morgan fingerprint density at radius 2 is 2.00 bits per heavy atom. The lowest BCUT2D eigenvalue weighted by atomic mass is 9.84. The number of aromatic nitrogens is 1. The third-order valence-corrected chi connectivity index (χ3v) is 3.98. The highest BCUT2D eigenvalue weighted by Crippen LogP contribution is 2.29. The Bertz CT molecular complexity index is 493. The topological polar surface area (TPSA) is 50.3 Å². The number of hydrogen-bond acceptors (Lipinski definition) is 3. The molecule has 0 radical (unpaired) electrons. The number of carbonyl (C=O) groups is 2. The van der Waals surface area contributed by atoms with Gasteiger partial charge >= 0.3 is 0 Å². The summed E-state index contributed by atoms with van der Waals surface area (Å²) in [5.41, 5.74) is 0.594. The van der Waals surface area contributed by atoms with Gasteiger partial charge in [-0.3, -0.25) is 14.5 Å². The van der Waals surface area contributed by atoms with Gasteiger partial charge in [0.15, 0.2) is 5.78 Å². The van der Waals surface area contributed by atoms with E-state index in [1.165, 1.54) is 13.3 Å². The molecule has 1 heterocycles. The lowest BCUT2D eigenvalue weighted by molar-refractivity contribution is -0.116. The monoisotopic (exact) mass is 274 g/mol. The van der Waals surface area contributed by atoms with Gasteiger partial charge in [0.25, 0.3) is 0 Å². The van der Waals surface area contributed by atoms with Crippen LogP contribution in [0.2, 0.25) is 0 Å². The molecule has 1 amide bonds. The molecule has 20 heavy (non-hydrogen) atoms. The summed E-state index contributed by atoms with van der Waals surface area (Å²) in [7, 11) is 0. The van der Waals surface area contributed by atoms with Crippen LogP contribution in [0.3, 0.4) is 0 Å². The zero-order chi connectivity index (χ0) is 14.5. The fourth-order valence-electron chi connectivity index (χ4n) is 2.91. The van der Waals surface area contributed by atoms with Gasteiger partial charge < -0.3 is 0 Å². The molecule has 0 saturated heterocycles.